The summed E-state index contributed by atoms with van der Waals surface area (Å²) in [6.07, 6.45) is -4.34. The van der Waals surface area contributed by atoms with Gasteiger partial charge in [-0.15, -0.1) is 10.2 Å². The molecule has 3 N–H and O–H groups in total. The lowest BCUT2D eigenvalue weighted by Crippen LogP contribution is -2.42. The summed E-state index contributed by atoms with van der Waals surface area (Å²) in [7, 11) is 0. The molecule has 4 rings (SSSR count). The van der Waals surface area contributed by atoms with Crippen LogP contribution in [0.25, 0.3) is 10.9 Å². The van der Waals surface area contributed by atoms with Crippen molar-refractivity contribution in [1.82, 2.24) is 29.9 Å². The Bertz CT molecular complexity index is 1060. The van der Waals surface area contributed by atoms with Crippen molar-refractivity contribution in [1.29, 1.82) is 0 Å². The second-order valence-electron chi connectivity index (χ2n) is 6.91. The topological polar surface area (TPSA) is 106 Å². The maximum absolute atomic E-state index is 13.7. The number of carbonyl (C=O) groups excluding carboxylic acids is 1. The van der Waals surface area contributed by atoms with Crippen LogP contribution in [0, 0.1) is 5.82 Å². The van der Waals surface area contributed by atoms with E-state index < -0.39 is 23.9 Å². The average molecular weight is 411 g/mol. The number of nitrogens with zero attached hydrogens (tertiary/aromatic N) is 5. The van der Waals surface area contributed by atoms with E-state index in [1.54, 1.807) is 12.1 Å². The number of halogens is 4. The van der Waals surface area contributed by atoms with E-state index in [2.05, 4.69) is 20.4 Å². The summed E-state index contributed by atoms with van der Waals surface area (Å²) >= 11 is 0. The summed E-state index contributed by atoms with van der Waals surface area (Å²) in [5, 5.41) is 14.0. The lowest BCUT2D eigenvalue weighted by atomic mass is 10.0. The van der Waals surface area contributed by atoms with Gasteiger partial charge in [0.1, 0.15) is 5.52 Å². The van der Waals surface area contributed by atoms with Crippen molar-refractivity contribution in [2.75, 3.05) is 6.54 Å². The fraction of sp³-hybridized carbons (Fsp3) is 0.412. The number of hydrogen-bond acceptors (Lipinski definition) is 5. The highest BCUT2D eigenvalue weighted by atomic mass is 19.4. The van der Waals surface area contributed by atoms with Crippen molar-refractivity contribution in [2.45, 2.75) is 38.1 Å². The van der Waals surface area contributed by atoms with Gasteiger partial charge in [-0.05, 0) is 6.07 Å². The predicted octanol–water partition coefficient (Wildman–Crippen LogP) is 1.61. The first-order chi connectivity index (χ1) is 13.7. The van der Waals surface area contributed by atoms with E-state index in [0.29, 0.717) is 11.1 Å². The Morgan fingerprint density at radius 3 is 2.83 bits per heavy atom. The summed E-state index contributed by atoms with van der Waals surface area (Å²) in [5.41, 5.74) is 6.91. The van der Waals surface area contributed by atoms with Gasteiger partial charge >= 0.3 is 6.18 Å². The van der Waals surface area contributed by atoms with E-state index >= 15 is 0 Å². The molecule has 0 radical (unpaired) electrons. The van der Waals surface area contributed by atoms with E-state index in [-0.39, 0.29) is 49.7 Å². The molecule has 1 aromatic carbocycles. The van der Waals surface area contributed by atoms with Crippen molar-refractivity contribution < 1.29 is 22.4 Å². The summed E-state index contributed by atoms with van der Waals surface area (Å²) in [6.45, 7) is 0.00726. The van der Waals surface area contributed by atoms with E-state index in [1.165, 1.54) is 11.0 Å². The molecule has 0 saturated carbocycles. The predicted molar refractivity (Wildman–Crippen MR) is 92.8 cm³/mol. The second-order valence-corrected chi connectivity index (χ2v) is 6.91. The van der Waals surface area contributed by atoms with E-state index in [1.807, 2.05) is 0 Å². The molecule has 0 fully saturated rings. The molecule has 1 amide bonds. The monoisotopic (exact) mass is 411 g/mol. The number of rotatable bonds is 4. The normalized spacial score (nSPS) is 15.6. The minimum atomic E-state index is -4.59. The molecule has 29 heavy (non-hydrogen) atoms. The fourth-order valence-electron chi connectivity index (χ4n) is 3.48. The Kier molecular flexibility index (Phi) is 4.73. The third kappa shape index (κ3) is 3.67. The molecule has 0 aliphatic carbocycles. The first-order valence-corrected chi connectivity index (χ1v) is 8.88. The number of nitrogens with two attached hydrogens (primary N) is 1. The first kappa shape index (κ1) is 19.3. The second kappa shape index (κ2) is 7.10. The van der Waals surface area contributed by atoms with E-state index in [9.17, 15) is 22.4 Å². The molecular formula is C17H17F4N7O. The van der Waals surface area contributed by atoms with Crippen LogP contribution < -0.4 is 5.73 Å². The highest BCUT2D eigenvalue weighted by Crippen LogP contribution is 2.29. The van der Waals surface area contributed by atoms with Crippen molar-refractivity contribution >= 4 is 16.8 Å². The van der Waals surface area contributed by atoms with Crippen LogP contribution in [-0.2, 0) is 30.5 Å². The van der Waals surface area contributed by atoms with Crippen molar-refractivity contribution in [3.8, 4) is 0 Å². The van der Waals surface area contributed by atoms with Gasteiger partial charge in [-0.3, -0.25) is 9.89 Å². The SMILES string of the molecule is NC(CC(=O)N1CCn2c(nnc2C(F)(F)F)C1)Cc1[nH]nc2c(F)cccc12. The number of H-pyrrole nitrogens is 1. The molecule has 2 aromatic heterocycles. The smallest absolute Gasteiger partial charge is 0.333 e. The summed E-state index contributed by atoms with van der Waals surface area (Å²) in [5.74, 6) is -1.73. The molecule has 154 valence electrons. The minimum Gasteiger partial charge on any atom is -0.333 e. The maximum atomic E-state index is 13.7. The molecule has 3 aromatic rings. The standard InChI is InChI=1S/C17H17F4N7O/c18-11-3-1-2-10-12(23-25-15(10)11)6-9(22)7-14(29)27-4-5-28-13(8-27)24-26-16(28)17(19,20)21/h1-3,9H,4-8,22H2,(H,23,25). The third-order valence-corrected chi connectivity index (χ3v) is 4.88. The number of carbonyl (C=O) groups is 1. The summed E-state index contributed by atoms with van der Waals surface area (Å²) in [4.78, 5) is 14.0. The largest absolute Gasteiger partial charge is 0.451 e. The van der Waals surface area contributed by atoms with Gasteiger partial charge in [0.15, 0.2) is 11.6 Å². The molecule has 0 saturated heterocycles. The first-order valence-electron chi connectivity index (χ1n) is 8.88. The number of aromatic amines is 1. The van der Waals surface area contributed by atoms with Gasteiger partial charge in [0, 0.05) is 43.1 Å². The number of amides is 1. The lowest BCUT2D eigenvalue weighted by Gasteiger charge is -2.29. The Morgan fingerprint density at radius 1 is 1.28 bits per heavy atom. The molecule has 1 unspecified atom stereocenters. The number of alkyl halides is 3. The average Bonchev–Trinajstić information content (AvgIpc) is 3.26. The van der Waals surface area contributed by atoms with Crippen LogP contribution in [0.2, 0.25) is 0 Å². The van der Waals surface area contributed by atoms with Gasteiger partial charge in [-0.2, -0.15) is 18.3 Å². The van der Waals surface area contributed by atoms with Crippen LogP contribution in [0.15, 0.2) is 18.2 Å². The highest BCUT2D eigenvalue weighted by Gasteiger charge is 2.39. The number of hydrogen-bond donors (Lipinski definition) is 2. The number of para-hydroxylation sites is 1. The molecular weight excluding hydrogens is 394 g/mol. The van der Waals surface area contributed by atoms with Gasteiger partial charge in [-0.1, -0.05) is 12.1 Å². The minimum absolute atomic E-state index is 0.0178. The number of benzene rings is 1. The highest BCUT2D eigenvalue weighted by molar-refractivity contribution is 5.82. The summed E-state index contributed by atoms with van der Waals surface area (Å²) in [6, 6.07) is 4.00. The Morgan fingerprint density at radius 2 is 2.07 bits per heavy atom. The Labute approximate surface area is 161 Å². The Hall–Kier alpha value is -3.02. The quantitative estimate of drug-likeness (QED) is 0.635. The van der Waals surface area contributed by atoms with Gasteiger partial charge in [0.2, 0.25) is 11.7 Å². The van der Waals surface area contributed by atoms with Crippen LogP contribution in [0.4, 0.5) is 17.6 Å². The number of fused-ring (bicyclic) bond motifs is 2. The molecule has 1 aliphatic rings. The molecule has 1 aliphatic heterocycles. The molecule has 8 nitrogen and oxygen atoms in total. The summed E-state index contributed by atoms with van der Waals surface area (Å²) < 4.78 is 53.4. The van der Waals surface area contributed by atoms with Gasteiger partial charge in [-0.25, -0.2) is 4.39 Å². The zero-order valence-corrected chi connectivity index (χ0v) is 15.1. The zero-order valence-electron chi connectivity index (χ0n) is 15.1. The van der Waals surface area contributed by atoms with Crippen molar-refractivity contribution in [2.24, 2.45) is 5.73 Å². The Balaban J connectivity index is 1.40. The van der Waals surface area contributed by atoms with Gasteiger partial charge in [0.25, 0.3) is 0 Å². The molecule has 0 spiro atoms. The van der Waals surface area contributed by atoms with Gasteiger partial charge in [0.05, 0.1) is 6.54 Å². The van der Waals surface area contributed by atoms with E-state index in [0.717, 1.165) is 4.57 Å². The molecule has 1 atom stereocenters. The van der Waals surface area contributed by atoms with Crippen LogP contribution in [0.1, 0.15) is 23.8 Å². The maximum Gasteiger partial charge on any atom is 0.451 e. The number of nitrogens with one attached hydrogen (secondary N) is 1. The molecule has 0 bridgehead atoms. The van der Waals surface area contributed by atoms with E-state index in [4.69, 9.17) is 5.73 Å². The van der Waals surface area contributed by atoms with Crippen LogP contribution in [0.3, 0.4) is 0 Å². The van der Waals surface area contributed by atoms with Crippen LogP contribution in [0.5, 0.6) is 0 Å². The fourth-order valence-corrected chi connectivity index (χ4v) is 3.48. The number of aromatic nitrogens is 5. The van der Waals surface area contributed by atoms with Crippen molar-refractivity contribution in [3.05, 3.63) is 41.4 Å². The third-order valence-electron chi connectivity index (χ3n) is 4.88. The van der Waals surface area contributed by atoms with Crippen LogP contribution in [-0.4, -0.2) is 48.4 Å². The van der Waals surface area contributed by atoms with Crippen LogP contribution >= 0.6 is 0 Å². The van der Waals surface area contributed by atoms with Crippen molar-refractivity contribution in [3.63, 3.8) is 0 Å². The molecule has 12 heteroatoms. The zero-order chi connectivity index (χ0) is 20.8. The lowest BCUT2D eigenvalue weighted by molar-refractivity contribution is -0.148. The molecule has 3 heterocycles. The van der Waals surface area contributed by atoms with Gasteiger partial charge < -0.3 is 15.2 Å².